The highest BCUT2D eigenvalue weighted by molar-refractivity contribution is 5.84. The molecule has 0 saturated carbocycles. The molecular weight excluding hydrogens is 344 g/mol. The second-order valence-electron chi connectivity index (χ2n) is 6.62. The van der Waals surface area contributed by atoms with Crippen molar-refractivity contribution in [1.82, 2.24) is 0 Å². The molecule has 0 saturated heterocycles. The lowest BCUT2D eigenvalue weighted by Gasteiger charge is -2.34. The van der Waals surface area contributed by atoms with Gasteiger partial charge in [0.05, 0.1) is 30.3 Å². The maximum absolute atomic E-state index is 12.5. The molecule has 0 heterocycles. The minimum atomic E-state index is -1.27. The van der Waals surface area contributed by atoms with Crippen molar-refractivity contribution in [3.05, 3.63) is 11.6 Å². The first kappa shape index (κ1) is 21.7. The van der Waals surface area contributed by atoms with Gasteiger partial charge >= 0.3 is 23.9 Å². The Bertz CT molecular complexity index is 594. The van der Waals surface area contributed by atoms with Gasteiger partial charge in [0.2, 0.25) is 0 Å². The minimum Gasteiger partial charge on any atom is -0.481 e. The quantitative estimate of drug-likeness (QED) is 0.415. The molecule has 0 bridgehead atoms. The van der Waals surface area contributed by atoms with Crippen LogP contribution in [0.2, 0.25) is 0 Å². The van der Waals surface area contributed by atoms with E-state index in [1.807, 2.05) is 6.92 Å². The van der Waals surface area contributed by atoms with E-state index in [1.165, 1.54) is 0 Å². The summed E-state index contributed by atoms with van der Waals surface area (Å²) in [5.74, 6) is -8.55. The lowest BCUT2D eigenvalue weighted by molar-refractivity contribution is -0.160. The summed E-state index contributed by atoms with van der Waals surface area (Å²) in [5.41, 5.74) is 0.396. The number of hydrogen-bond acceptors (Lipinski definition) is 5. The molecule has 146 valence electrons. The summed E-state index contributed by atoms with van der Waals surface area (Å²) in [5, 5.41) is 28.0. The number of ether oxygens (including phenoxy) is 1. The summed E-state index contributed by atoms with van der Waals surface area (Å²) in [6.07, 6.45) is 1.41. The molecule has 1 aliphatic carbocycles. The monoisotopic (exact) mass is 370 g/mol. The van der Waals surface area contributed by atoms with Crippen LogP contribution in [0, 0.1) is 23.7 Å². The number of aliphatic carboxylic acids is 3. The van der Waals surface area contributed by atoms with E-state index in [0.29, 0.717) is 18.4 Å². The van der Waals surface area contributed by atoms with Gasteiger partial charge in [0.15, 0.2) is 0 Å². The van der Waals surface area contributed by atoms with Crippen LogP contribution in [-0.4, -0.2) is 45.3 Å². The van der Waals surface area contributed by atoms with E-state index in [-0.39, 0.29) is 12.5 Å². The number of carboxylic acid groups (broad SMARTS) is 3. The normalized spacial score (nSPS) is 24.9. The Balaban J connectivity index is 3.25. The second-order valence-corrected chi connectivity index (χ2v) is 6.62. The highest BCUT2D eigenvalue weighted by atomic mass is 16.5. The van der Waals surface area contributed by atoms with Gasteiger partial charge in [-0.25, -0.2) is 0 Å². The topological polar surface area (TPSA) is 138 Å². The van der Waals surface area contributed by atoms with Crippen LogP contribution in [0.3, 0.4) is 0 Å². The van der Waals surface area contributed by atoms with Crippen molar-refractivity contribution in [2.75, 3.05) is 0 Å². The van der Waals surface area contributed by atoms with E-state index in [0.717, 1.165) is 0 Å². The van der Waals surface area contributed by atoms with Gasteiger partial charge in [0, 0.05) is 0 Å². The van der Waals surface area contributed by atoms with E-state index in [1.54, 1.807) is 19.9 Å². The van der Waals surface area contributed by atoms with Gasteiger partial charge in [-0.1, -0.05) is 25.5 Å². The van der Waals surface area contributed by atoms with Gasteiger partial charge in [-0.2, -0.15) is 0 Å². The first-order valence-electron chi connectivity index (χ1n) is 8.70. The smallest absolute Gasteiger partial charge is 0.311 e. The molecule has 26 heavy (non-hydrogen) atoms. The Morgan fingerprint density at radius 2 is 1.77 bits per heavy atom. The maximum atomic E-state index is 12.5. The van der Waals surface area contributed by atoms with Gasteiger partial charge in [0.25, 0.3) is 0 Å². The SMILES string of the molecule is CCC1=CC(C(CC(=O)O)C(=O)OC(C)CC)CC(C(=O)O)C1C(=O)O. The van der Waals surface area contributed by atoms with Crippen LogP contribution < -0.4 is 0 Å². The van der Waals surface area contributed by atoms with Gasteiger partial charge < -0.3 is 20.1 Å². The lowest BCUT2D eigenvalue weighted by Crippen LogP contribution is -2.40. The van der Waals surface area contributed by atoms with Crippen LogP contribution in [0.15, 0.2) is 11.6 Å². The van der Waals surface area contributed by atoms with Gasteiger partial charge in [-0.05, 0) is 32.1 Å². The van der Waals surface area contributed by atoms with E-state index in [2.05, 4.69) is 0 Å². The highest BCUT2D eigenvalue weighted by Gasteiger charge is 2.44. The molecule has 5 unspecified atom stereocenters. The average molecular weight is 370 g/mol. The molecule has 3 N–H and O–H groups in total. The molecule has 0 fully saturated rings. The number of rotatable bonds is 9. The highest BCUT2D eigenvalue weighted by Crippen LogP contribution is 2.40. The Kier molecular flexibility index (Phi) is 7.79. The molecule has 0 aliphatic heterocycles. The Hall–Kier alpha value is -2.38. The number of carbonyl (C=O) groups excluding carboxylic acids is 1. The second kappa shape index (κ2) is 9.35. The van der Waals surface area contributed by atoms with Crippen molar-refractivity contribution in [1.29, 1.82) is 0 Å². The summed E-state index contributed by atoms with van der Waals surface area (Å²) in [4.78, 5) is 46.8. The van der Waals surface area contributed by atoms with E-state index in [9.17, 15) is 29.4 Å². The molecule has 0 radical (unpaired) electrons. The standard InChI is InChI=1S/C18H26O8/c1-4-9(3)26-18(25)12(8-14(19)20)11-6-10(5-2)15(17(23)24)13(7-11)16(21)22/h6,9,11-13,15H,4-5,7-8H2,1-3H3,(H,19,20)(H,21,22)(H,23,24). The Morgan fingerprint density at radius 3 is 2.19 bits per heavy atom. The largest absolute Gasteiger partial charge is 0.481 e. The fraction of sp³-hybridized carbons (Fsp3) is 0.667. The van der Waals surface area contributed by atoms with Gasteiger partial charge in [0.1, 0.15) is 0 Å². The molecular formula is C18H26O8. The summed E-state index contributed by atoms with van der Waals surface area (Å²) in [7, 11) is 0. The van der Waals surface area contributed by atoms with Crippen LogP contribution in [0.1, 0.15) is 46.5 Å². The molecule has 0 aromatic rings. The van der Waals surface area contributed by atoms with Crippen LogP contribution >= 0.6 is 0 Å². The van der Waals surface area contributed by atoms with E-state index in [4.69, 9.17) is 9.84 Å². The molecule has 0 aromatic heterocycles. The molecule has 8 heteroatoms. The zero-order valence-corrected chi connectivity index (χ0v) is 15.2. The van der Waals surface area contributed by atoms with E-state index >= 15 is 0 Å². The van der Waals surface area contributed by atoms with Crippen LogP contribution in [0.4, 0.5) is 0 Å². The molecule has 8 nitrogen and oxygen atoms in total. The van der Waals surface area contributed by atoms with Crippen molar-refractivity contribution in [2.24, 2.45) is 23.7 Å². The number of allylic oxidation sites excluding steroid dienone is 1. The number of carboxylic acids is 3. The number of hydrogen-bond donors (Lipinski definition) is 3. The summed E-state index contributed by atoms with van der Waals surface area (Å²) in [6, 6.07) is 0. The summed E-state index contributed by atoms with van der Waals surface area (Å²) in [6.45, 7) is 5.20. The van der Waals surface area contributed by atoms with Crippen molar-refractivity contribution < 1.29 is 39.2 Å². The Labute approximate surface area is 151 Å². The average Bonchev–Trinajstić information content (AvgIpc) is 2.57. The van der Waals surface area contributed by atoms with Crippen LogP contribution in [0.5, 0.6) is 0 Å². The molecule has 5 atom stereocenters. The van der Waals surface area contributed by atoms with E-state index < -0.39 is 54.0 Å². The zero-order valence-electron chi connectivity index (χ0n) is 15.2. The lowest BCUT2D eigenvalue weighted by atomic mass is 9.69. The first-order valence-corrected chi connectivity index (χ1v) is 8.70. The van der Waals surface area contributed by atoms with Crippen LogP contribution in [-0.2, 0) is 23.9 Å². The molecule has 1 rings (SSSR count). The third-order valence-electron chi connectivity index (χ3n) is 4.85. The number of esters is 1. The summed E-state index contributed by atoms with van der Waals surface area (Å²) >= 11 is 0. The third kappa shape index (κ3) is 5.31. The summed E-state index contributed by atoms with van der Waals surface area (Å²) < 4.78 is 5.26. The first-order chi connectivity index (χ1) is 12.1. The Morgan fingerprint density at radius 1 is 1.15 bits per heavy atom. The molecule has 1 aliphatic rings. The third-order valence-corrected chi connectivity index (χ3v) is 4.85. The van der Waals surface area contributed by atoms with Crippen molar-refractivity contribution in [3.8, 4) is 0 Å². The maximum Gasteiger partial charge on any atom is 0.311 e. The fourth-order valence-corrected chi connectivity index (χ4v) is 3.29. The predicted molar refractivity (Wildman–Crippen MR) is 90.3 cm³/mol. The fourth-order valence-electron chi connectivity index (χ4n) is 3.29. The molecule has 0 spiro atoms. The zero-order chi connectivity index (χ0) is 20.0. The van der Waals surface area contributed by atoms with Gasteiger partial charge in [-0.15, -0.1) is 0 Å². The van der Waals surface area contributed by atoms with Gasteiger partial charge in [-0.3, -0.25) is 19.2 Å². The van der Waals surface area contributed by atoms with Crippen molar-refractivity contribution in [3.63, 3.8) is 0 Å². The number of carbonyl (C=O) groups is 4. The van der Waals surface area contributed by atoms with Crippen molar-refractivity contribution >= 4 is 23.9 Å². The minimum absolute atomic E-state index is 0.122. The van der Waals surface area contributed by atoms with Crippen molar-refractivity contribution in [2.45, 2.75) is 52.6 Å². The molecule has 0 aromatic carbocycles. The van der Waals surface area contributed by atoms with Crippen LogP contribution in [0.25, 0.3) is 0 Å². The molecule has 0 amide bonds. The predicted octanol–water partition coefficient (Wildman–Crippen LogP) is 2.18.